The van der Waals surface area contributed by atoms with Crippen molar-refractivity contribution in [1.29, 1.82) is 0 Å². The van der Waals surface area contributed by atoms with Gasteiger partial charge in [-0.3, -0.25) is 10.1 Å². The van der Waals surface area contributed by atoms with E-state index in [0.717, 1.165) is 0 Å². The van der Waals surface area contributed by atoms with Gasteiger partial charge in [0.25, 0.3) is 5.69 Å². The van der Waals surface area contributed by atoms with Crippen molar-refractivity contribution >= 4 is 23.1 Å². The average Bonchev–Trinajstić information content (AvgIpc) is 2.24. The van der Waals surface area contributed by atoms with Crippen molar-refractivity contribution in [3.63, 3.8) is 0 Å². The van der Waals surface area contributed by atoms with Crippen molar-refractivity contribution in [2.45, 2.75) is 12.4 Å². The maximum Gasteiger partial charge on any atom is 0.441 e. The molecule has 1 rings (SSSR count). The van der Waals surface area contributed by atoms with Crippen LogP contribution >= 0.6 is 11.8 Å². The number of nitrogens with zero attached hydrogens (tertiary/aromatic N) is 1. The van der Waals surface area contributed by atoms with Crippen molar-refractivity contribution in [2.75, 3.05) is 17.6 Å². The number of halogens is 3. The zero-order chi connectivity index (χ0) is 13.8. The van der Waals surface area contributed by atoms with Crippen LogP contribution in [0, 0.1) is 17.0 Å². The third kappa shape index (κ3) is 4.44. The van der Waals surface area contributed by atoms with Crippen LogP contribution in [0.25, 0.3) is 0 Å². The molecule has 1 N–H and O–H groups in total. The van der Waals surface area contributed by atoms with Crippen LogP contribution in [-0.2, 0) is 0 Å². The number of anilines is 1. The van der Waals surface area contributed by atoms with E-state index in [2.05, 4.69) is 5.32 Å². The molecule has 100 valence electrons. The Balaban J connectivity index is 2.58. The summed E-state index contributed by atoms with van der Waals surface area (Å²) >= 11 is -0.127. The molecule has 0 aliphatic rings. The summed E-state index contributed by atoms with van der Waals surface area (Å²) in [5.41, 5.74) is -3.41. The highest BCUT2D eigenvalue weighted by Crippen LogP contribution is 2.30. The molecule has 1 aromatic rings. The summed E-state index contributed by atoms with van der Waals surface area (Å²) in [6, 6.07) is 4.44. The van der Waals surface area contributed by atoms with Gasteiger partial charge in [-0.15, -0.1) is 0 Å². The Hall–Kier alpha value is -1.44. The Kier molecular flexibility index (Phi) is 4.83. The number of thioether (sulfide) groups is 1. The van der Waals surface area contributed by atoms with Crippen LogP contribution in [0.15, 0.2) is 18.2 Å². The van der Waals surface area contributed by atoms with E-state index in [1.807, 2.05) is 0 Å². The fourth-order valence-electron chi connectivity index (χ4n) is 1.37. The molecule has 0 aromatic heterocycles. The Morgan fingerprint density at radius 1 is 1.44 bits per heavy atom. The smallest absolute Gasteiger partial charge is 0.384 e. The van der Waals surface area contributed by atoms with Crippen LogP contribution < -0.4 is 5.32 Å². The molecule has 0 spiro atoms. The number of hydrogen-bond acceptors (Lipinski definition) is 4. The molecule has 8 heteroatoms. The fourth-order valence-corrected chi connectivity index (χ4v) is 1.80. The van der Waals surface area contributed by atoms with Crippen LogP contribution in [0.5, 0.6) is 0 Å². The minimum atomic E-state index is -4.25. The van der Waals surface area contributed by atoms with Crippen LogP contribution in [0.1, 0.15) is 5.56 Å². The second-order valence-corrected chi connectivity index (χ2v) is 4.59. The predicted molar refractivity (Wildman–Crippen MR) is 64.8 cm³/mol. The van der Waals surface area contributed by atoms with Crippen LogP contribution in [0.2, 0.25) is 0 Å². The highest BCUT2D eigenvalue weighted by atomic mass is 32.2. The van der Waals surface area contributed by atoms with E-state index in [1.165, 1.54) is 12.1 Å². The minimum Gasteiger partial charge on any atom is -0.384 e. The van der Waals surface area contributed by atoms with E-state index in [-0.39, 0.29) is 29.7 Å². The summed E-state index contributed by atoms with van der Waals surface area (Å²) in [5.74, 6) is -0.147. The van der Waals surface area contributed by atoms with E-state index in [0.29, 0.717) is 11.3 Å². The number of benzene rings is 1. The van der Waals surface area contributed by atoms with Gasteiger partial charge in [0.1, 0.15) is 0 Å². The van der Waals surface area contributed by atoms with Gasteiger partial charge in [0, 0.05) is 29.6 Å². The first kappa shape index (κ1) is 14.6. The molecule has 1 aromatic carbocycles. The SMILES string of the molecule is Cc1c(NCCSC(F)(F)F)cccc1[N+](=O)[O-]. The van der Waals surface area contributed by atoms with E-state index in [1.54, 1.807) is 13.0 Å². The molecule has 0 aliphatic heterocycles. The number of nitro groups is 1. The largest absolute Gasteiger partial charge is 0.441 e. The molecule has 0 unspecified atom stereocenters. The summed E-state index contributed by atoms with van der Waals surface area (Å²) in [6.45, 7) is 1.64. The Morgan fingerprint density at radius 2 is 2.11 bits per heavy atom. The van der Waals surface area contributed by atoms with Crippen molar-refractivity contribution < 1.29 is 18.1 Å². The maximum atomic E-state index is 11.9. The molecule has 0 fully saturated rings. The number of nitro benzene ring substituents is 1. The van der Waals surface area contributed by atoms with Crippen molar-refractivity contribution in [1.82, 2.24) is 0 Å². The molecule has 4 nitrogen and oxygen atoms in total. The second kappa shape index (κ2) is 5.94. The Labute approximate surface area is 106 Å². The van der Waals surface area contributed by atoms with Crippen molar-refractivity contribution in [3.8, 4) is 0 Å². The van der Waals surface area contributed by atoms with Gasteiger partial charge in [-0.05, 0) is 24.8 Å². The van der Waals surface area contributed by atoms with Gasteiger partial charge in [-0.25, -0.2) is 0 Å². The van der Waals surface area contributed by atoms with Crippen molar-refractivity contribution in [2.24, 2.45) is 0 Å². The zero-order valence-electron chi connectivity index (χ0n) is 9.45. The topological polar surface area (TPSA) is 55.2 Å². The lowest BCUT2D eigenvalue weighted by atomic mass is 10.1. The van der Waals surface area contributed by atoms with Gasteiger partial charge < -0.3 is 5.32 Å². The van der Waals surface area contributed by atoms with Gasteiger partial charge in [0.05, 0.1) is 4.92 Å². The van der Waals surface area contributed by atoms with E-state index < -0.39 is 10.4 Å². The molecular formula is C10H11F3N2O2S. The molecule has 0 saturated carbocycles. The zero-order valence-corrected chi connectivity index (χ0v) is 10.3. The third-order valence-corrected chi connectivity index (χ3v) is 2.92. The first-order valence-electron chi connectivity index (χ1n) is 5.00. The highest BCUT2D eigenvalue weighted by molar-refractivity contribution is 8.00. The number of alkyl halides is 3. The molecular weight excluding hydrogens is 269 g/mol. The first-order chi connectivity index (χ1) is 8.31. The number of rotatable bonds is 5. The summed E-state index contributed by atoms with van der Waals surface area (Å²) in [4.78, 5) is 10.1. The first-order valence-corrected chi connectivity index (χ1v) is 5.98. The Morgan fingerprint density at radius 3 is 2.67 bits per heavy atom. The van der Waals surface area contributed by atoms with Gasteiger partial charge in [0.2, 0.25) is 0 Å². The van der Waals surface area contributed by atoms with Crippen LogP contribution in [0.4, 0.5) is 24.5 Å². The molecule has 18 heavy (non-hydrogen) atoms. The lowest BCUT2D eigenvalue weighted by Crippen LogP contribution is -2.10. The third-order valence-electron chi connectivity index (χ3n) is 2.19. The van der Waals surface area contributed by atoms with Gasteiger partial charge in [-0.2, -0.15) is 13.2 Å². The molecule has 0 saturated heterocycles. The summed E-state index contributed by atoms with van der Waals surface area (Å²) in [6.07, 6.45) is 0. The molecule has 0 atom stereocenters. The minimum absolute atomic E-state index is 0.0523. The predicted octanol–water partition coefficient (Wildman–Crippen LogP) is 3.57. The lowest BCUT2D eigenvalue weighted by Gasteiger charge is -2.10. The number of nitrogens with one attached hydrogen (secondary N) is 1. The normalized spacial score (nSPS) is 11.3. The van der Waals surface area contributed by atoms with Gasteiger partial charge in [0.15, 0.2) is 0 Å². The number of hydrogen-bond donors (Lipinski definition) is 1. The highest BCUT2D eigenvalue weighted by Gasteiger charge is 2.27. The Bertz CT molecular complexity index is 438. The molecule has 0 heterocycles. The van der Waals surface area contributed by atoms with Crippen molar-refractivity contribution in [3.05, 3.63) is 33.9 Å². The van der Waals surface area contributed by atoms with E-state index in [4.69, 9.17) is 0 Å². The maximum absolute atomic E-state index is 11.9. The van der Waals surface area contributed by atoms with Crippen LogP contribution in [-0.4, -0.2) is 22.7 Å². The molecule has 0 bridgehead atoms. The molecule has 0 aliphatic carbocycles. The van der Waals surface area contributed by atoms with Gasteiger partial charge >= 0.3 is 5.51 Å². The van der Waals surface area contributed by atoms with E-state index in [9.17, 15) is 23.3 Å². The average molecular weight is 280 g/mol. The second-order valence-electron chi connectivity index (χ2n) is 3.43. The standard InChI is InChI=1S/C10H11F3N2O2S/c1-7-8(3-2-4-9(7)15(16)17)14-5-6-18-10(11,12)13/h2-4,14H,5-6H2,1H3. The summed E-state index contributed by atoms with van der Waals surface area (Å²) < 4.78 is 35.6. The monoisotopic (exact) mass is 280 g/mol. The van der Waals surface area contributed by atoms with Gasteiger partial charge in [-0.1, -0.05) is 6.07 Å². The molecule has 0 amide bonds. The quantitative estimate of drug-likeness (QED) is 0.509. The molecule has 0 radical (unpaired) electrons. The van der Waals surface area contributed by atoms with E-state index >= 15 is 0 Å². The lowest BCUT2D eigenvalue weighted by molar-refractivity contribution is -0.385. The summed E-state index contributed by atoms with van der Waals surface area (Å²) in [7, 11) is 0. The fraction of sp³-hybridized carbons (Fsp3) is 0.400. The van der Waals surface area contributed by atoms with Crippen LogP contribution in [0.3, 0.4) is 0 Å². The summed E-state index contributed by atoms with van der Waals surface area (Å²) in [5, 5.41) is 13.4.